The van der Waals surface area contributed by atoms with Crippen LogP contribution >= 0.6 is 0 Å². The molecular formula is C22H31IrNO2-2. The van der Waals surface area contributed by atoms with E-state index >= 15 is 0 Å². The molecule has 3 rings (SSSR count). The van der Waals surface area contributed by atoms with Gasteiger partial charge in [0.1, 0.15) is 0 Å². The minimum Gasteiger partial charge on any atom is -0.654 e. The van der Waals surface area contributed by atoms with Crippen LogP contribution in [0.3, 0.4) is 0 Å². The Labute approximate surface area is 172 Å². The first-order valence-corrected chi connectivity index (χ1v) is 9.43. The van der Waals surface area contributed by atoms with E-state index in [-0.39, 0.29) is 31.6 Å². The van der Waals surface area contributed by atoms with Crippen LogP contribution in [0, 0.1) is 25.8 Å². The minimum atomic E-state index is -0.125. The molecule has 1 heterocycles. The Bertz CT molecular complexity index is 602. The van der Waals surface area contributed by atoms with Crippen molar-refractivity contribution in [2.45, 2.75) is 78.3 Å². The summed E-state index contributed by atoms with van der Waals surface area (Å²) in [6.07, 6.45) is 9.33. The van der Waals surface area contributed by atoms with Crippen molar-refractivity contribution in [2.24, 2.45) is 5.92 Å². The SMILES string of the molecule is CC(=O)/C=C(/C)O.Cc1[c-]c(C2CCC3CCCCC3[N-]2)cc(C)c1.[Ir]. The van der Waals surface area contributed by atoms with Crippen LogP contribution in [-0.4, -0.2) is 16.9 Å². The maximum atomic E-state index is 10.0. The molecule has 1 aliphatic heterocycles. The van der Waals surface area contributed by atoms with Gasteiger partial charge in [-0.3, -0.25) is 4.79 Å². The number of aliphatic hydroxyl groups is 1. The van der Waals surface area contributed by atoms with Crippen molar-refractivity contribution in [1.82, 2.24) is 0 Å². The zero-order valence-corrected chi connectivity index (χ0v) is 18.7. The average Bonchev–Trinajstić information content (AvgIpc) is 2.53. The summed E-state index contributed by atoms with van der Waals surface area (Å²) in [5.41, 5.74) is 3.93. The fourth-order valence-corrected chi connectivity index (χ4v) is 4.04. The third kappa shape index (κ3) is 7.34. The number of fused-ring (bicyclic) bond motifs is 1. The second-order valence-electron chi connectivity index (χ2n) is 7.55. The number of hydrogen-bond donors (Lipinski definition) is 1. The molecule has 0 aromatic heterocycles. The molecule has 1 aromatic rings. The summed E-state index contributed by atoms with van der Waals surface area (Å²) in [6, 6.07) is 9.07. The zero-order chi connectivity index (χ0) is 18.4. The van der Waals surface area contributed by atoms with Crippen molar-refractivity contribution < 1.29 is 30.0 Å². The number of piperidine rings is 1. The topological polar surface area (TPSA) is 51.4 Å². The number of allylic oxidation sites excluding steroid dienone is 2. The second-order valence-corrected chi connectivity index (χ2v) is 7.55. The van der Waals surface area contributed by atoms with Gasteiger partial charge < -0.3 is 10.4 Å². The molecule has 3 nitrogen and oxygen atoms in total. The third-order valence-corrected chi connectivity index (χ3v) is 4.99. The Kier molecular flexibility index (Phi) is 9.78. The Morgan fingerprint density at radius 3 is 2.42 bits per heavy atom. The van der Waals surface area contributed by atoms with Crippen molar-refractivity contribution >= 4 is 5.78 Å². The summed E-state index contributed by atoms with van der Waals surface area (Å²) in [4.78, 5) is 10.0. The average molecular weight is 534 g/mol. The molecule has 1 radical (unpaired) electrons. The van der Waals surface area contributed by atoms with Gasteiger partial charge in [0.05, 0.1) is 5.76 Å². The van der Waals surface area contributed by atoms with E-state index in [1.54, 1.807) is 0 Å². The molecular weight excluding hydrogens is 502 g/mol. The van der Waals surface area contributed by atoms with Gasteiger partial charge in [0.2, 0.25) is 0 Å². The van der Waals surface area contributed by atoms with Crippen molar-refractivity contribution in [3.8, 4) is 0 Å². The van der Waals surface area contributed by atoms with Crippen LogP contribution in [0.5, 0.6) is 0 Å². The largest absolute Gasteiger partial charge is 0.654 e. The third-order valence-electron chi connectivity index (χ3n) is 4.99. The molecule has 1 saturated carbocycles. The Morgan fingerprint density at radius 2 is 1.85 bits per heavy atom. The van der Waals surface area contributed by atoms with Gasteiger partial charge in [0.25, 0.3) is 0 Å². The smallest absolute Gasteiger partial charge is 0.155 e. The molecule has 0 spiro atoms. The van der Waals surface area contributed by atoms with E-state index in [1.807, 2.05) is 0 Å². The number of aliphatic hydroxyl groups excluding tert-OH is 1. The Balaban J connectivity index is 0.000000366. The van der Waals surface area contributed by atoms with Crippen LogP contribution in [0.25, 0.3) is 5.32 Å². The van der Waals surface area contributed by atoms with Crippen molar-refractivity contribution in [2.75, 3.05) is 0 Å². The summed E-state index contributed by atoms with van der Waals surface area (Å²) in [7, 11) is 0. The maximum Gasteiger partial charge on any atom is 0.155 e. The van der Waals surface area contributed by atoms with Crippen LogP contribution in [0.1, 0.15) is 75.1 Å². The Morgan fingerprint density at radius 1 is 1.15 bits per heavy atom. The summed E-state index contributed by atoms with van der Waals surface area (Å²) in [6.45, 7) is 7.17. The van der Waals surface area contributed by atoms with E-state index in [2.05, 4.69) is 32.0 Å². The van der Waals surface area contributed by atoms with Gasteiger partial charge in [0, 0.05) is 26.2 Å². The summed E-state index contributed by atoms with van der Waals surface area (Å²) < 4.78 is 0. The molecule has 26 heavy (non-hydrogen) atoms. The fourth-order valence-electron chi connectivity index (χ4n) is 4.04. The quantitative estimate of drug-likeness (QED) is 0.292. The van der Waals surface area contributed by atoms with Crippen LogP contribution in [0.4, 0.5) is 0 Å². The van der Waals surface area contributed by atoms with Crippen LogP contribution in [0.2, 0.25) is 0 Å². The predicted molar refractivity (Wildman–Crippen MR) is 103 cm³/mol. The van der Waals surface area contributed by atoms with Crippen LogP contribution in [-0.2, 0) is 24.9 Å². The van der Waals surface area contributed by atoms with E-state index in [9.17, 15) is 4.79 Å². The molecule has 1 aliphatic carbocycles. The normalized spacial score (nSPS) is 25.2. The molecule has 4 heteroatoms. The van der Waals surface area contributed by atoms with E-state index < -0.39 is 0 Å². The number of rotatable bonds is 2. The van der Waals surface area contributed by atoms with E-state index in [4.69, 9.17) is 10.4 Å². The number of hydrogen-bond acceptors (Lipinski definition) is 2. The molecule has 1 saturated heterocycles. The first-order chi connectivity index (χ1) is 11.8. The molecule has 2 fully saturated rings. The van der Waals surface area contributed by atoms with E-state index in [0.29, 0.717) is 12.1 Å². The molecule has 0 amide bonds. The van der Waals surface area contributed by atoms with Gasteiger partial charge in [-0.2, -0.15) is 34.9 Å². The van der Waals surface area contributed by atoms with Gasteiger partial charge >= 0.3 is 0 Å². The molecule has 147 valence electrons. The van der Waals surface area contributed by atoms with Gasteiger partial charge in [-0.15, -0.1) is 12.1 Å². The molecule has 1 N–H and O–H groups in total. The van der Waals surface area contributed by atoms with Crippen molar-refractivity contribution in [3.63, 3.8) is 0 Å². The number of aryl methyl sites for hydroxylation is 2. The van der Waals surface area contributed by atoms with Gasteiger partial charge in [0.15, 0.2) is 5.78 Å². The second kappa shape index (κ2) is 11.0. The number of carbonyl (C=O) groups excluding carboxylic acids is 1. The van der Waals surface area contributed by atoms with Crippen molar-refractivity contribution in [3.05, 3.63) is 52.0 Å². The molecule has 3 unspecified atom stereocenters. The number of carbonyl (C=O) groups is 1. The molecule has 1 aromatic carbocycles. The predicted octanol–water partition coefficient (Wildman–Crippen LogP) is 5.91. The number of nitrogens with zero attached hydrogens (tertiary/aromatic N) is 1. The van der Waals surface area contributed by atoms with Gasteiger partial charge in [-0.1, -0.05) is 58.3 Å². The van der Waals surface area contributed by atoms with Crippen LogP contribution in [0.15, 0.2) is 24.0 Å². The monoisotopic (exact) mass is 534 g/mol. The van der Waals surface area contributed by atoms with E-state index in [1.165, 1.54) is 75.1 Å². The summed E-state index contributed by atoms with van der Waals surface area (Å²) in [5.74, 6) is 0.827. The minimum absolute atomic E-state index is 0. The maximum absolute atomic E-state index is 10.0. The standard InChI is InChI=1S/C17H23N.C5H8O2.Ir/c1-12-9-13(2)11-15(10-12)17-8-7-14-5-3-4-6-16(14)18-17;1-4(6)3-5(2)7;/h9-10,14,16-17H,3-8H2,1-2H3;3,6H,1-2H3;/q-2;;/b;4-3-;. The zero-order valence-electron chi connectivity index (χ0n) is 16.3. The number of benzene rings is 1. The summed E-state index contributed by atoms with van der Waals surface area (Å²) >= 11 is 0. The van der Waals surface area contributed by atoms with Crippen LogP contribution < -0.4 is 0 Å². The number of ketones is 1. The summed E-state index contributed by atoms with van der Waals surface area (Å²) in [5, 5.41) is 13.5. The fraction of sp³-hybridized carbons (Fsp3) is 0.591. The Hall–Kier alpha value is -0.961. The molecule has 3 atom stereocenters. The molecule has 0 bridgehead atoms. The first-order valence-electron chi connectivity index (χ1n) is 9.43. The van der Waals surface area contributed by atoms with Crippen molar-refractivity contribution in [1.29, 1.82) is 0 Å². The first kappa shape index (κ1) is 23.1. The van der Waals surface area contributed by atoms with E-state index in [0.717, 1.165) is 5.92 Å². The molecule has 2 aliphatic rings. The van der Waals surface area contributed by atoms with Gasteiger partial charge in [-0.25, -0.2) is 0 Å². The van der Waals surface area contributed by atoms with Gasteiger partial charge in [-0.05, 0) is 13.8 Å².